The van der Waals surface area contributed by atoms with Crippen molar-refractivity contribution in [3.63, 3.8) is 0 Å². The molecule has 0 radical (unpaired) electrons. The minimum atomic E-state index is -0.354. The zero-order valence-electron chi connectivity index (χ0n) is 9.63. The number of para-hydroxylation sites is 2. The Morgan fingerprint density at radius 3 is 3.00 bits per heavy atom. The van der Waals surface area contributed by atoms with Crippen LogP contribution in [0.15, 0.2) is 24.3 Å². The lowest BCUT2D eigenvalue weighted by Crippen LogP contribution is -2.51. The van der Waals surface area contributed by atoms with Crippen molar-refractivity contribution in [3.05, 3.63) is 24.3 Å². The molecule has 1 atom stereocenters. The van der Waals surface area contributed by atoms with E-state index in [9.17, 15) is 9.90 Å². The predicted octanol–water partition coefficient (Wildman–Crippen LogP) is 0.419. The van der Waals surface area contributed by atoms with Crippen LogP contribution in [0.5, 0.6) is 5.75 Å². The van der Waals surface area contributed by atoms with Gasteiger partial charge in [-0.05, 0) is 12.1 Å². The van der Waals surface area contributed by atoms with Gasteiger partial charge in [-0.25, -0.2) is 0 Å². The third kappa shape index (κ3) is 2.25. The fraction of sp³-hybridized carbons (Fsp3) is 0.417. The molecule has 1 unspecified atom stereocenters. The molecule has 0 spiro atoms. The largest absolute Gasteiger partial charge is 0.495 e. The van der Waals surface area contributed by atoms with Crippen molar-refractivity contribution in [2.75, 3.05) is 31.8 Å². The van der Waals surface area contributed by atoms with E-state index in [1.54, 1.807) is 24.1 Å². The molecule has 1 amide bonds. The molecule has 17 heavy (non-hydrogen) atoms. The van der Waals surface area contributed by atoms with Gasteiger partial charge in [-0.15, -0.1) is 0 Å². The molecule has 1 aromatic carbocycles. The van der Waals surface area contributed by atoms with Gasteiger partial charge in [0.05, 0.1) is 32.1 Å². The Hall–Kier alpha value is -1.59. The number of carbonyl (C=O) groups is 1. The highest BCUT2D eigenvalue weighted by Crippen LogP contribution is 2.30. The second-order valence-electron chi connectivity index (χ2n) is 3.79. The lowest BCUT2D eigenvalue weighted by Gasteiger charge is -2.34. The number of carbonyl (C=O) groups excluding carboxylic acids is 1. The van der Waals surface area contributed by atoms with Crippen molar-refractivity contribution in [2.45, 2.75) is 6.04 Å². The molecule has 1 heterocycles. The number of hydrogen-bond acceptors (Lipinski definition) is 4. The van der Waals surface area contributed by atoms with E-state index >= 15 is 0 Å². The maximum absolute atomic E-state index is 11.9. The van der Waals surface area contributed by atoms with Crippen molar-refractivity contribution in [1.29, 1.82) is 0 Å². The van der Waals surface area contributed by atoms with Crippen LogP contribution in [0.1, 0.15) is 0 Å². The van der Waals surface area contributed by atoms with Crippen LogP contribution in [-0.2, 0) is 9.53 Å². The molecule has 1 fully saturated rings. The third-order valence-electron chi connectivity index (χ3n) is 2.73. The third-order valence-corrected chi connectivity index (χ3v) is 2.73. The topological polar surface area (TPSA) is 59.0 Å². The van der Waals surface area contributed by atoms with E-state index in [0.29, 0.717) is 18.0 Å². The zero-order valence-corrected chi connectivity index (χ0v) is 9.63. The molecule has 5 heteroatoms. The molecule has 0 aromatic heterocycles. The number of rotatable bonds is 3. The Labute approximate surface area is 99.6 Å². The van der Waals surface area contributed by atoms with Gasteiger partial charge in [0.2, 0.25) is 0 Å². The minimum absolute atomic E-state index is 0.0363. The van der Waals surface area contributed by atoms with Gasteiger partial charge >= 0.3 is 0 Å². The molecule has 1 saturated heterocycles. The van der Waals surface area contributed by atoms with Gasteiger partial charge in [-0.2, -0.15) is 0 Å². The van der Waals surface area contributed by atoms with Crippen LogP contribution >= 0.6 is 0 Å². The number of aliphatic hydroxyl groups is 1. The molecule has 1 N–H and O–H groups in total. The lowest BCUT2D eigenvalue weighted by atomic mass is 10.1. The van der Waals surface area contributed by atoms with E-state index in [2.05, 4.69) is 0 Å². The van der Waals surface area contributed by atoms with E-state index in [-0.39, 0.29) is 25.2 Å². The summed E-state index contributed by atoms with van der Waals surface area (Å²) in [5.41, 5.74) is 0.669. The van der Waals surface area contributed by atoms with Crippen molar-refractivity contribution in [3.8, 4) is 5.75 Å². The lowest BCUT2D eigenvalue weighted by molar-refractivity contribution is -0.128. The molecule has 92 valence electrons. The zero-order chi connectivity index (χ0) is 12.3. The number of hydrogen-bond donors (Lipinski definition) is 1. The first kappa shape index (κ1) is 11.9. The summed E-state index contributed by atoms with van der Waals surface area (Å²) in [7, 11) is 1.55. The summed E-state index contributed by atoms with van der Waals surface area (Å²) in [6.07, 6.45) is 0. The van der Waals surface area contributed by atoms with Crippen LogP contribution in [0.3, 0.4) is 0 Å². The summed E-state index contributed by atoms with van der Waals surface area (Å²) in [6.45, 7) is 0.235. The molecular formula is C12H15NO4. The quantitative estimate of drug-likeness (QED) is 0.827. The first-order valence-corrected chi connectivity index (χ1v) is 5.41. The first-order chi connectivity index (χ1) is 8.27. The molecule has 1 aliphatic rings. The maximum atomic E-state index is 11.9. The van der Waals surface area contributed by atoms with Gasteiger partial charge in [0, 0.05) is 0 Å². The molecule has 5 nitrogen and oxygen atoms in total. The van der Waals surface area contributed by atoms with E-state index in [0.717, 1.165) is 0 Å². The Balaban J connectivity index is 2.37. The number of methoxy groups -OCH3 is 1. The highest BCUT2D eigenvalue weighted by atomic mass is 16.5. The van der Waals surface area contributed by atoms with Crippen LogP contribution in [0.25, 0.3) is 0 Å². The molecule has 1 aromatic rings. The van der Waals surface area contributed by atoms with Crippen molar-refractivity contribution < 1.29 is 19.4 Å². The Kier molecular flexibility index (Phi) is 3.61. The Morgan fingerprint density at radius 1 is 1.53 bits per heavy atom. The summed E-state index contributed by atoms with van der Waals surface area (Å²) >= 11 is 0. The first-order valence-electron chi connectivity index (χ1n) is 5.41. The van der Waals surface area contributed by atoms with Gasteiger partial charge in [0.25, 0.3) is 5.91 Å². The number of anilines is 1. The number of nitrogens with zero attached hydrogens (tertiary/aromatic N) is 1. The Bertz CT molecular complexity index is 407. The maximum Gasteiger partial charge on any atom is 0.253 e. The van der Waals surface area contributed by atoms with Gasteiger partial charge in [0.1, 0.15) is 12.4 Å². The van der Waals surface area contributed by atoms with Crippen LogP contribution in [0.4, 0.5) is 5.69 Å². The van der Waals surface area contributed by atoms with E-state index in [1.807, 2.05) is 12.1 Å². The van der Waals surface area contributed by atoms with Crippen molar-refractivity contribution in [2.24, 2.45) is 0 Å². The van der Waals surface area contributed by atoms with E-state index in [4.69, 9.17) is 9.47 Å². The summed E-state index contributed by atoms with van der Waals surface area (Å²) < 4.78 is 10.3. The van der Waals surface area contributed by atoms with Gasteiger partial charge in [0.15, 0.2) is 0 Å². The second kappa shape index (κ2) is 5.16. The van der Waals surface area contributed by atoms with Gasteiger partial charge < -0.3 is 14.6 Å². The normalized spacial score (nSPS) is 20.5. The smallest absolute Gasteiger partial charge is 0.253 e. The summed E-state index contributed by atoms with van der Waals surface area (Å²) in [4.78, 5) is 13.4. The number of amides is 1. The van der Waals surface area contributed by atoms with Crippen LogP contribution < -0.4 is 9.64 Å². The molecule has 0 saturated carbocycles. The van der Waals surface area contributed by atoms with E-state index in [1.165, 1.54) is 0 Å². The average Bonchev–Trinajstić information content (AvgIpc) is 2.38. The number of ether oxygens (including phenoxy) is 2. The number of aliphatic hydroxyl groups excluding tert-OH is 1. The summed E-state index contributed by atoms with van der Waals surface area (Å²) in [5, 5.41) is 9.29. The number of benzene rings is 1. The SMILES string of the molecule is COc1ccccc1N1C(=O)COCC1CO. The van der Waals surface area contributed by atoms with Crippen LogP contribution in [-0.4, -0.2) is 44.0 Å². The summed E-state index contributed by atoms with van der Waals surface area (Å²) in [6, 6.07) is 6.89. The average molecular weight is 237 g/mol. The molecule has 0 bridgehead atoms. The van der Waals surface area contributed by atoms with Crippen molar-refractivity contribution in [1.82, 2.24) is 0 Å². The highest BCUT2D eigenvalue weighted by Gasteiger charge is 2.31. The van der Waals surface area contributed by atoms with Gasteiger partial charge in [-0.1, -0.05) is 12.1 Å². The second-order valence-corrected chi connectivity index (χ2v) is 3.79. The monoisotopic (exact) mass is 237 g/mol. The standard InChI is InChI=1S/C12H15NO4/c1-16-11-5-3-2-4-10(11)13-9(6-14)7-17-8-12(13)15/h2-5,9,14H,6-8H2,1H3. The highest BCUT2D eigenvalue weighted by molar-refractivity contribution is 5.97. The predicted molar refractivity (Wildman–Crippen MR) is 62.2 cm³/mol. The van der Waals surface area contributed by atoms with Crippen LogP contribution in [0, 0.1) is 0 Å². The van der Waals surface area contributed by atoms with Crippen molar-refractivity contribution >= 4 is 11.6 Å². The Morgan fingerprint density at radius 2 is 2.29 bits per heavy atom. The fourth-order valence-electron chi connectivity index (χ4n) is 1.92. The molecule has 1 aliphatic heterocycles. The summed E-state index contributed by atoms with van der Waals surface area (Å²) in [5.74, 6) is 0.445. The fourth-order valence-corrected chi connectivity index (χ4v) is 1.92. The van der Waals surface area contributed by atoms with E-state index < -0.39 is 0 Å². The van der Waals surface area contributed by atoms with Gasteiger partial charge in [-0.3, -0.25) is 9.69 Å². The molecular weight excluding hydrogens is 222 g/mol. The number of morpholine rings is 1. The molecule has 2 rings (SSSR count). The molecule has 0 aliphatic carbocycles. The van der Waals surface area contributed by atoms with Crippen LogP contribution in [0.2, 0.25) is 0 Å². The minimum Gasteiger partial charge on any atom is -0.495 e.